The first-order valence-corrected chi connectivity index (χ1v) is 7.09. The van der Waals surface area contributed by atoms with E-state index in [-0.39, 0.29) is 5.97 Å². The van der Waals surface area contributed by atoms with E-state index in [0.717, 1.165) is 20.7 Å². The molecule has 0 fully saturated rings. The van der Waals surface area contributed by atoms with E-state index in [1.807, 2.05) is 0 Å². The number of rotatable bonds is 2. The van der Waals surface area contributed by atoms with Gasteiger partial charge in [-0.2, -0.15) is 0 Å². The quantitative estimate of drug-likeness (QED) is 0.629. The molecule has 0 aliphatic carbocycles. The number of nitrogens with zero attached hydrogens (tertiary/aromatic N) is 2. The van der Waals surface area contributed by atoms with Crippen molar-refractivity contribution in [3.05, 3.63) is 21.9 Å². The highest BCUT2D eigenvalue weighted by molar-refractivity contribution is 7.18. The van der Waals surface area contributed by atoms with Crippen LogP contribution in [-0.4, -0.2) is 28.6 Å². The highest BCUT2D eigenvalue weighted by atomic mass is 35.5. The molecular formula is C12H11ClN2O3S. The Morgan fingerprint density at radius 3 is 3.26 bits per heavy atom. The summed E-state index contributed by atoms with van der Waals surface area (Å²) in [7, 11) is 0. The number of ether oxygens (including phenoxy) is 2. The lowest BCUT2D eigenvalue weighted by atomic mass is 10.0. The summed E-state index contributed by atoms with van der Waals surface area (Å²) in [4.78, 5) is 21.8. The highest BCUT2D eigenvalue weighted by Gasteiger charge is 2.30. The number of carbonyl (C=O) groups excluding carboxylic acids is 1. The highest BCUT2D eigenvalue weighted by Crippen LogP contribution is 2.37. The summed E-state index contributed by atoms with van der Waals surface area (Å²) in [6.07, 6.45) is 1.33. The van der Waals surface area contributed by atoms with Gasteiger partial charge < -0.3 is 9.47 Å². The molecule has 2 aromatic heterocycles. The number of hydrogen-bond acceptors (Lipinski definition) is 6. The van der Waals surface area contributed by atoms with Crippen LogP contribution < -0.4 is 0 Å². The standard InChI is InChI=1S/C12H11ClN2O3S/c1-2-17-12(16)7-3-6-8(4-18-7)19-11-9(6)10(13)14-5-15-11/h5,7H,2-4H2,1H3. The van der Waals surface area contributed by atoms with E-state index in [1.54, 1.807) is 6.92 Å². The van der Waals surface area contributed by atoms with Gasteiger partial charge in [0.1, 0.15) is 16.3 Å². The fourth-order valence-electron chi connectivity index (χ4n) is 2.14. The first-order chi connectivity index (χ1) is 9.20. The minimum Gasteiger partial charge on any atom is -0.464 e. The van der Waals surface area contributed by atoms with Crippen LogP contribution >= 0.6 is 22.9 Å². The summed E-state index contributed by atoms with van der Waals surface area (Å²) in [5, 5.41) is 1.26. The summed E-state index contributed by atoms with van der Waals surface area (Å²) in [5.74, 6) is -0.333. The molecule has 0 N–H and O–H groups in total. The van der Waals surface area contributed by atoms with Crippen molar-refractivity contribution in [3.8, 4) is 0 Å². The van der Waals surface area contributed by atoms with Crippen LogP contribution in [0.1, 0.15) is 17.4 Å². The van der Waals surface area contributed by atoms with Crippen LogP contribution in [0, 0.1) is 0 Å². The average Bonchev–Trinajstić information content (AvgIpc) is 2.77. The Bertz CT molecular complexity index is 643. The molecule has 1 aliphatic heterocycles. The van der Waals surface area contributed by atoms with E-state index in [2.05, 4.69) is 9.97 Å². The van der Waals surface area contributed by atoms with Gasteiger partial charge in [-0.3, -0.25) is 0 Å². The molecule has 0 radical (unpaired) electrons. The summed E-state index contributed by atoms with van der Waals surface area (Å²) >= 11 is 7.65. The van der Waals surface area contributed by atoms with Crippen molar-refractivity contribution in [3.63, 3.8) is 0 Å². The van der Waals surface area contributed by atoms with Crippen molar-refractivity contribution in [2.75, 3.05) is 6.61 Å². The lowest BCUT2D eigenvalue weighted by Gasteiger charge is -2.21. The van der Waals surface area contributed by atoms with E-state index in [4.69, 9.17) is 21.1 Å². The van der Waals surface area contributed by atoms with Gasteiger partial charge >= 0.3 is 5.97 Å². The van der Waals surface area contributed by atoms with Crippen LogP contribution in [-0.2, 0) is 27.3 Å². The molecule has 0 aromatic carbocycles. The van der Waals surface area contributed by atoms with E-state index >= 15 is 0 Å². The third kappa shape index (κ3) is 2.20. The minimum atomic E-state index is -0.568. The zero-order valence-electron chi connectivity index (χ0n) is 10.2. The first kappa shape index (κ1) is 12.8. The Balaban J connectivity index is 1.99. The molecule has 7 heteroatoms. The van der Waals surface area contributed by atoms with Crippen LogP contribution in [0.3, 0.4) is 0 Å². The largest absolute Gasteiger partial charge is 0.464 e. The van der Waals surface area contributed by atoms with Gasteiger partial charge in [-0.15, -0.1) is 11.3 Å². The number of hydrogen-bond donors (Lipinski definition) is 0. The van der Waals surface area contributed by atoms with Crippen molar-refractivity contribution >= 4 is 39.1 Å². The van der Waals surface area contributed by atoms with E-state index in [1.165, 1.54) is 17.7 Å². The normalized spacial score (nSPS) is 18.3. The molecular weight excluding hydrogens is 288 g/mol. The zero-order valence-corrected chi connectivity index (χ0v) is 11.8. The van der Waals surface area contributed by atoms with Crippen LogP contribution in [0.15, 0.2) is 6.33 Å². The molecule has 1 aliphatic rings. The Morgan fingerprint density at radius 2 is 2.47 bits per heavy atom. The second kappa shape index (κ2) is 5.03. The molecule has 3 heterocycles. The molecule has 5 nitrogen and oxygen atoms in total. The lowest BCUT2D eigenvalue weighted by Crippen LogP contribution is -2.31. The monoisotopic (exact) mass is 298 g/mol. The Kier molecular flexibility index (Phi) is 3.38. The average molecular weight is 299 g/mol. The molecule has 100 valence electrons. The van der Waals surface area contributed by atoms with Gasteiger partial charge in [0.05, 0.1) is 18.6 Å². The SMILES string of the molecule is CCOC(=O)C1Cc2c(sc3ncnc(Cl)c23)CO1. The number of esters is 1. The number of aromatic nitrogens is 2. The molecule has 19 heavy (non-hydrogen) atoms. The maximum atomic E-state index is 11.7. The van der Waals surface area contributed by atoms with Crippen LogP contribution in [0.25, 0.3) is 10.2 Å². The van der Waals surface area contributed by atoms with Crippen molar-refractivity contribution in [1.29, 1.82) is 0 Å². The Hall–Kier alpha value is -1.24. The number of carbonyl (C=O) groups is 1. The van der Waals surface area contributed by atoms with Gasteiger partial charge in [0.25, 0.3) is 0 Å². The molecule has 0 saturated carbocycles. The molecule has 0 saturated heterocycles. The molecule has 3 rings (SSSR count). The molecule has 0 spiro atoms. The van der Waals surface area contributed by atoms with Gasteiger partial charge in [-0.25, -0.2) is 14.8 Å². The Labute approximate surface area is 118 Å². The van der Waals surface area contributed by atoms with Gasteiger partial charge in [0, 0.05) is 11.3 Å². The maximum Gasteiger partial charge on any atom is 0.335 e. The number of fused-ring (bicyclic) bond motifs is 3. The van der Waals surface area contributed by atoms with Crippen molar-refractivity contribution < 1.29 is 14.3 Å². The fourth-order valence-corrected chi connectivity index (χ4v) is 3.53. The van der Waals surface area contributed by atoms with Crippen molar-refractivity contribution in [2.24, 2.45) is 0 Å². The molecule has 1 unspecified atom stereocenters. The number of thiophene rings is 1. The van der Waals surface area contributed by atoms with Gasteiger partial charge in [0.2, 0.25) is 0 Å². The third-order valence-electron chi connectivity index (χ3n) is 2.98. The summed E-state index contributed by atoms with van der Waals surface area (Å²) in [6.45, 7) is 2.51. The Morgan fingerprint density at radius 1 is 1.63 bits per heavy atom. The van der Waals surface area contributed by atoms with Gasteiger partial charge in [-0.05, 0) is 12.5 Å². The van der Waals surface area contributed by atoms with Gasteiger partial charge in [-0.1, -0.05) is 11.6 Å². The van der Waals surface area contributed by atoms with Crippen molar-refractivity contribution in [2.45, 2.75) is 26.1 Å². The summed E-state index contributed by atoms with van der Waals surface area (Å²) in [6, 6.07) is 0. The predicted octanol–water partition coefficient (Wildman–Crippen LogP) is 2.35. The lowest BCUT2D eigenvalue weighted by molar-refractivity contribution is -0.158. The molecule has 2 aromatic rings. The summed E-state index contributed by atoms with van der Waals surface area (Å²) in [5.41, 5.74) is 1.01. The summed E-state index contributed by atoms with van der Waals surface area (Å²) < 4.78 is 10.5. The maximum absolute atomic E-state index is 11.7. The first-order valence-electron chi connectivity index (χ1n) is 5.89. The van der Waals surface area contributed by atoms with Crippen LogP contribution in [0.4, 0.5) is 0 Å². The fraction of sp³-hybridized carbons (Fsp3) is 0.417. The zero-order chi connectivity index (χ0) is 13.4. The second-order valence-corrected chi connectivity index (χ2v) is 5.55. The molecule has 1 atom stereocenters. The second-order valence-electron chi connectivity index (χ2n) is 4.10. The van der Waals surface area contributed by atoms with E-state index in [0.29, 0.717) is 24.8 Å². The van der Waals surface area contributed by atoms with E-state index < -0.39 is 6.10 Å². The topological polar surface area (TPSA) is 61.3 Å². The van der Waals surface area contributed by atoms with Crippen molar-refractivity contribution in [1.82, 2.24) is 9.97 Å². The van der Waals surface area contributed by atoms with Crippen LogP contribution in [0.2, 0.25) is 5.15 Å². The minimum absolute atomic E-state index is 0.333. The smallest absolute Gasteiger partial charge is 0.335 e. The van der Waals surface area contributed by atoms with Gasteiger partial charge in [0.15, 0.2) is 6.10 Å². The number of halogens is 1. The molecule has 0 bridgehead atoms. The van der Waals surface area contributed by atoms with Crippen LogP contribution in [0.5, 0.6) is 0 Å². The predicted molar refractivity (Wildman–Crippen MR) is 71.3 cm³/mol. The molecule has 0 amide bonds. The van der Waals surface area contributed by atoms with E-state index in [9.17, 15) is 4.79 Å². The third-order valence-corrected chi connectivity index (χ3v) is 4.38.